The van der Waals surface area contributed by atoms with Gasteiger partial charge in [-0.05, 0) is 95.2 Å². The van der Waals surface area contributed by atoms with E-state index in [0.717, 1.165) is 34.1 Å². The SMILES string of the molecule is Cc1cc(C)cc([N-]C(C)(C)C)c1.Cc1cc(C)cc([N-]C(C)(C)C)c1.Cc1cc(C)cc([N-]C(C)(C)C)c1.Cc1cc(C)cc([N-]C(C)(C)C)c1.Cc1cc(C)cc([N-]C(C)(C)C)c1.Cc1cc(C)cc([N-]C(C)(C)C)c1.Cn1c(O)c2ccccc2c1O.[Ti+3].[Ti+3]. The molecule has 0 bridgehead atoms. The molecule has 0 saturated carbocycles. The molecule has 0 aliphatic rings. The van der Waals surface area contributed by atoms with Gasteiger partial charge in [-0.15, -0.1) is 67.4 Å². The van der Waals surface area contributed by atoms with E-state index in [1.165, 1.54) is 71.3 Å². The number of rotatable bonds is 6. The number of aromatic nitrogens is 1. The number of hydrogen-bond donors (Lipinski definition) is 2. The smallest absolute Gasteiger partial charge is 0.680 e. The summed E-state index contributed by atoms with van der Waals surface area (Å²) in [7, 11) is 1.62. The summed E-state index contributed by atoms with van der Waals surface area (Å²) in [5.74, 6) is 0.200. The average Bonchev–Trinajstić information content (AvgIpc) is 1.65. The summed E-state index contributed by atoms with van der Waals surface area (Å²) in [6.45, 7) is 63.4. The molecule has 8 rings (SSSR count). The van der Waals surface area contributed by atoms with Crippen molar-refractivity contribution in [2.75, 3.05) is 0 Å². The minimum atomic E-state index is 0. The topological polar surface area (TPSA) is 130 Å². The second-order valence-electron chi connectivity index (χ2n) is 30.5. The zero-order chi connectivity index (χ0) is 69.1. The largest absolute Gasteiger partial charge is 3.00 e. The predicted molar refractivity (Wildman–Crippen MR) is 398 cm³/mol. The fraction of sp³-hybridized carbons (Fsp3) is 0.457. The van der Waals surface area contributed by atoms with E-state index in [-0.39, 0.29) is 88.4 Å². The van der Waals surface area contributed by atoms with Gasteiger partial charge in [0, 0.05) is 17.8 Å². The van der Waals surface area contributed by atoms with Crippen LogP contribution in [0.5, 0.6) is 11.8 Å². The Morgan fingerprint density at radius 2 is 0.359 bits per heavy atom. The van der Waals surface area contributed by atoms with Gasteiger partial charge in [0.2, 0.25) is 11.8 Å². The zero-order valence-corrected chi connectivity index (χ0v) is 65.8. The van der Waals surface area contributed by atoms with Crippen molar-refractivity contribution in [3.05, 3.63) is 232 Å². The Morgan fingerprint density at radius 3 is 0.467 bits per heavy atom. The van der Waals surface area contributed by atoms with Gasteiger partial charge in [0.05, 0.1) is 0 Å². The number of benzene rings is 7. The van der Waals surface area contributed by atoms with Crippen molar-refractivity contribution in [2.24, 2.45) is 7.05 Å². The Morgan fingerprint density at radius 1 is 0.239 bits per heavy atom. The second kappa shape index (κ2) is 37.1. The van der Waals surface area contributed by atoms with Gasteiger partial charge in [-0.3, -0.25) is 4.57 Å². The first-order valence-electron chi connectivity index (χ1n) is 31.7. The maximum atomic E-state index is 9.48. The number of fused-ring (bicyclic) bond motifs is 1. The van der Waals surface area contributed by atoms with Gasteiger partial charge in [-0.2, -0.15) is 0 Å². The van der Waals surface area contributed by atoms with E-state index in [0.29, 0.717) is 10.8 Å². The Kier molecular flexibility index (Phi) is 34.7. The van der Waals surface area contributed by atoms with Crippen LogP contribution < -0.4 is 0 Å². The van der Waals surface area contributed by atoms with Crippen LogP contribution >= 0.6 is 0 Å². The van der Waals surface area contributed by atoms with Gasteiger partial charge in [-0.25, -0.2) is 0 Å². The molecular formula is C81H117N7O2Ti2. The van der Waals surface area contributed by atoms with E-state index in [1.54, 1.807) is 19.2 Å². The van der Waals surface area contributed by atoms with Crippen molar-refractivity contribution in [3.63, 3.8) is 0 Å². The molecule has 2 N–H and O–H groups in total. The van der Waals surface area contributed by atoms with Gasteiger partial charge < -0.3 is 42.1 Å². The molecule has 0 fully saturated rings. The monoisotopic (exact) mass is 1320 g/mol. The Labute approximate surface area is 590 Å². The van der Waals surface area contributed by atoms with Gasteiger partial charge in [0.25, 0.3) is 0 Å². The number of aromatic hydroxyl groups is 2. The average molecular weight is 1320 g/mol. The molecule has 0 atom stereocenters. The molecule has 0 unspecified atom stereocenters. The third-order valence-electron chi connectivity index (χ3n) is 12.1. The van der Waals surface area contributed by atoms with Crippen LogP contribution in [0.4, 0.5) is 34.1 Å². The van der Waals surface area contributed by atoms with E-state index in [4.69, 9.17) is 0 Å². The normalized spacial score (nSPS) is 11.1. The third kappa shape index (κ3) is 38.2. The molecule has 496 valence electrons. The second-order valence-corrected chi connectivity index (χ2v) is 30.5. The maximum absolute atomic E-state index is 9.48. The molecule has 0 spiro atoms. The van der Waals surface area contributed by atoms with Gasteiger partial charge in [0.15, 0.2) is 0 Å². The van der Waals surface area contributed by atoms with Crippen molar-refractivity contribution in [1.82, 2.24) is 4.57 Å². The molecule has 8 aromatic rings. The maximum Gasteiger partial charge on any atom is 3.00 e. The van der Waals surface area contributed by atoms with E-state index >= 15 is 0 Å². The summed E-state index contributed by atoms with van der Waals surface area (Å²) in [5, 5.41) is 48.0. The molecule has 9 nitrogen and oxygen atoms in total. The molecule has 0 saturated heterocycles. The van der Waals surface area contributed by atoms with Crippen molar-refractivity contribution in [3.8, 4) is 11.8 Å². The predicted octanol–water partition coefficient (Wildman–Crippen LogP) is 26.2. The molecule has 0 aliphatic carbocycles. The summed E-state index contributed by atoms with van der Waals surface area (Å²) >= 11 is 0. The quantitative estimate of drug-likeness (QED) is 0.161. The Hall–Kier alpha value is -6.09. The van der Waals surface area contributed by atoms with Gasteiger partial charge in [-0.1, -0.05) is 313 Å². The van der Waals surface area contributed by atoms with Gasteiger partial charge >= 0.3 is 43.4 Å². The van der Waals surface area contributed by atoms with Crippen molar-refractivity contribution in [2.45, 2.75) is 241 Å². The molecule has 0 amide bonds. The van der Waals surface area contributed by atoms with E-state index in [1.807, 2.05) is 12.1 Å². The number of hydrogen-bond acceptors (Lipinski definition) is 2. The van der Waals surface area contributed by atoms with Crippen LogP contribution in [0.15, 0.2) is 133 Å². The van der Waals surface area contributed by atoms with Crippen LogP contribution in [0, 0.1) is 83.1 Å². The minimum Gasteiger partial charge on any atom is -0.680 e. The fourth-order valence-corrected chi connectivity index (χ4v) is 9.75. The molecular weight excluding hydrogens is 1200 g/mol. The first-order valence-corrected chi connectivity index (χ1v) is 31.7. The molecule has 1 aromatic heterocycles. The number of aryl methyl sites for hydroxylation is 12. The minimum absolute atomic E-state index is 0. The summed E-state index contributed by atoms with van der Waals surface area (Å²) in [5.41, 5.74) is 22.0. The molecule has 11 heteroatoms. The molecule has 92 heavy (non-hydrogen) atoms. The van der Waals surface area contributed by atoms with Crippen molar-refractivity contribution in [1.29, 1.82) is 0 Å². The molecule has 7 aromatic carbocycles. The molecule has 2 radical (unpaired) electrons. The Bertz CT molecular complexity index is 2870. The van der Waals surface area contributed by atoms with Crippen LogP contribution in [0.1, 0.15) is 191 Å². The fourth-order valence-electron chi connectivity index (χ4n) is 9.75. The molecule has 0 aliphatic heterocycles. The van der Waals surface area contributed by atoms with Crippen LogP contribution in [0.25, 0.3) is 42.7 Å². The van der Waals surface area contributed by atoms with Crippen LogP contribution in [-0.4, -0.2) is 48.0 Å². The molecule has 1 heterocycles. The van der Waals surface area contributed by atoms with E-state index in [2.05, 4.69) is 349 Å². The number of nitrogens with zero attached hydrogens (tertiary/aromatic N) is 7. The standard InChI is InChI=1S/6C12H18N.C9H9NO2.2Ti/c6*1-9-6-10(2)8-11(7-9)13-12(3,4)5;1-10-8(11)6-4-2-3-5-7(6)9(10)12;;/h6*6-8H,1-5H3;2-5,11-12H,1H3;;/q6*-1;;2*+3. The van der Waals surface area contributed by atoms with Gasteiger partial charge in [0.1, 0.15) is 0 Å². The zero-order valence-electron chi connectivity index (χ0n) is 62.7. The van der Waals surface area contributed by atoms with Crippen LogP contribution in [-0.2, 0) is 50.5 Å². The van der Waals surface area contributed by atoms with Crippen molar-refractivity contribution >= 4 is 44.9 Å². The first kappa shape index (κ1) is 85.9. The Balaban J connectivity index is 0.00000105. The third-order valence-corrected chi connectivity index (χ3v) is 12.1. The van der Waals surface area contributed by atoms with E-state index < -0.39 is 0 Å². The summed E-state index contributed by atoms with van der Waals surface area (Å²) in [4.78, 5) is 0. The van der Waals surface area contributed by atoms with Crippen LogP contribution in [0.2, 0.25) is 0 Å². The summed E-state index contributed by atoms with van der Waals surface area (Å²) in [6.07, 6.45) is 0. The summed E-state index contributed by atoms with van der Waals surface area (Å²) in [6, 6.07) is 45.7. The summed E-state index contributed by atoms with van der Waals surface area (Å²) < 4.78 is 1.35. The van der Waals surface area contributed by atoms with Crippen LogP contribution in [0.3, 0.4) is 0 Å². The van der Waals surface area contributed by atoms with E-state index in [9.17, 15) is 10.2 Å². The first-order chi connectivity index (χ1) is 40.9. The van der Waals surface area contributed by atoms with Crippen molar-refractivity contribution < 1.29 is 53.6 Å².